The lowest BCUT2D eigenvalue weighted by Gasteiger charge is -2.14. The lowest BCUT2D eigenvalue weighted by atomic mass is 10.1. The van der Waals surface area contributed by atoms with Crippen LogP contribution in [0.3, 0.4) is 0 Å². The van der Waals surface area contributed by atoms with E-state index in [-0.39, 0.29) is 11.9 Å². The van der Waals surface area contributed by atoms with Crippen molar-refractivity contribution in [1.82, 2.24) is 5.32 Å². The molecule has 4 N–H and O–H groups in total. The maximum atomic E-state index is 12.4. The van der Waals surface area contributed by atoms with E-state index in [0.29, 0.717) is 22.9 Å². The van der Waals surface area contributed by atoms with Crippen molar-refractivity contribution in [3.05, 3.63) is 58.6 Å². The zero-order valence-corrected chi connectivity index (χ0v) is 11.9. The van der Waals surface area contributed by atoms with Gasteiger partial charge in [-0.1, -0.05) is 29.8 Å². The number of hydrogen-bond donors (Lipinski definition) is 3. The molecule has 108 valence electrons. The molecule has 2 aromatic carbocycles. The highest BCUT2D eigenvalue weighted by Gasteiger charge is 2.26. The minimum Gasteiger partial charge on any atom is -0.491 e. The van der Waals surface area contributed by atoms with Crippen LogP contribution in [-0.2, 0) is 0 Å². The molecule has 1 unspecified atom stereocenters. The summed E-state index contributed by atoms with van der Waals surface area (Å²) in [6.07, 6.45) is 0. The molecule has 2 aromatic rings. The van der Waals surface area contributed by atoms with E-state index in [1.807, 2.05) is 24.3 Å². The predicted octanol–water partition coefficient (Wildman–Crippen LogP) is 2.49. The van der Waals surface area contributed by atoms with Gasteiger partial charge in [0, 0.05) is 10.6 Å². The molecule has 5 nitrogen and oxygen atoms in total. The first-order valence-electron chi connectivity index (χ1n) is 6.48. The van der Waals surface area contributed by atoms with Crippen LogP contribution < -0.4 is 21.3 Å². The van der Waals surface area contributed by atoms with Gasteiger partial charge in [-0.05, 0) is 24.3 Å². The van der Waals surface area contributed by atoms with Crippen LogP contribution >= 0.6 is 11.6 Å². The molecule has 21 heavy (non-hydrogen) atoms. The van der Waals surface area contributed by atoms with Crippen LogP contribution in [0.25, 0.3) is 0 Å². The number of nitrogens with two attached hydrogens (primary N) is 1. The zero-order valence-electron chi connectivity index (χ0n) is 11.1. The van der Waals surface area contributed by atoms with Gasteiger partial charge in [-0.3, -0.25) is 10.6 Å². The Morgan fingerprint density at radius 2 is 2.10 bits per heavy atom. The maximum absolute atomic E-state index is 12.4. The van der Waals surface area contributed by atoms with Crippen molar-refractivity contribution in [2.45, 2.75) is 6.04 Å². The monoisotopic (exact) mass is 303 g/mol. The number of carbonyl (C=O) groups is 1. The number of amides is 1. The van der Waals surface area contributed by atoms with Crippen LogP contribution in [0.4, 0.5) is 5.69 Å². The van der Waals surface area contributed by atoms with E-state index in [1.165, 1.54) is 0 Å². The van der Waals surface area contributed by atoms with E-state index in [9.17, 15) is 4.79 Å². The largest absolute Gasteiger partial charge is 0.491 e. The van der Waals surface area contributed by atoms with Crippen molar-refractivity contribution in [2.75, 3.05) is 12.0 Å². The molecule has 0 aromatic heterocycles. The number of halogens is 1. The molecule has 1 heterocycles. The van der Waals surface area contributed by atoms with E-state index in [2.05, 4.69) is 10.7 Å². The summed E-state index contributed by atoms with van der Waals surface area (Å²) in [6.45, 7) is 0.414. The maximum Gasteiger partial charge on any atom is 0.254 e. The number of fused-ring (bicyclic) bond motifs is 1. The van der Waals surface area contributed by atoms with Crippen molar-refractivity contribution in [1.29, 1.82) is 0 Å². The number of anilines is 1. The van der Waals surface area contributed by atoms with Gasteiger partial charge < -0.3 is 15.5 Å². The number of rotatable bonds is 3. The number of nitrogen functional groups attached to an aromatic ring is 1. The molecule has 1 aliphatic heterocycles. The third kappa shape index (κ3) is 2.66. The highest BCUT2D eigenvalue weighted by Crippen LogP contribution is 2.32. The van der Waals surface area contributed by atoms with Gasteiger partial charge in [-0.15, -0.1) is 0 Å². The molecule has 1 aliphatic rings. The summed E-state index contributed by atoms with van der Waals surface area (Å²) in [6, 6.07) is 12.4. The molecular formula is C15H14ClN3O2. The molecule has 0 radical (unpaired) electrons. The minimum absolute atomic E-state index is 0.182. The Hall–Kier alpha value is -2.24. The summed E-state index contributed by atoms with van der Waals surface area (Å²) < 4.78 is 5.55. The van der Waals surface area contributed by atoms with Gasteiger partial charge in [0.25, 0.3) is 5.91 Å². The second-order valence-corrected chi connectivity index (χ2v) is 5.15. The number of carbonyl (C=O) groups excluding carboxylic acids is 1. The van der Waals surface area contributed by atoms with Gasteiger partial charge in [0.1, 0.15) is 12.4 Å². The molecule has 0 fully saturated rings. The Morgan fingerprint density at radius 3 is 2.90 bits per heavy atom. The Labute approximate surface area is 127 Å². The molecule has 1 atom stereocenters. The minimum atomic E-state index is -0.254. The van der Waals surface area contributed by atoms with Gasteiger partial charge in [0.15, 0.2) is 0 Å². The lowest BCUT2D eigenvalue weighted by molar-refractivity contribution is 0.0931. The third-order valence-electron chi connectivity index (χ3n) is 3.39. The fourth-order valence-electron chi connectivity index (χ4n) is 2.35. The molecule has 0 aliphatic carbocycles. The van der Waals surface area contributed by atoms with E-state index in [0.717, 1.165) is 11.3 Å². The number of hydrogen-bond acceptors (Lipinski definition) is 4. The summed E-state index contributed by atoms with van der Waals surface area (Å²) >= 11 is 5.94. The van der Waals surface area contributed by atoms with Gasteiger partial charge >= 0.3 is 0 Å². The Bertz CT molecular complexity index is 690. The standard InChI is InChI=1S/C15H14ClN3O2/c16-9-5-6-12(19-17)11(7-9)15(20)18-13-8-21-14-4-2-1-3-10(13)14/h1-7,13,19H,8,17H2,(H,18,20). The fraction of sp³-hybridized carbons (Fsp3) is 0.133. The third-order valence-corrected chi connectivity index (χ3v) is 3.62. The van der Waals surface area contributed by atoms with Crippen LogP contribution in [0.2, 0.25) is 5.02 Å². The van der Waals surface area contributed by atoms with Gasteiger partial charge in [0.05, 0.1) is 17.3 Å². The number of nitrogens with one attached hydrogen (secondary N) is 2. The fourth-order valence-corrected chi connectivity index (χ4v) is 2.52. The summed E-state index contributed by atoms with van der Waals surface area (Å²) in [7, 11) is 0. The average Bonchev–Trinajstić information content (AvgIpc) is 2.90. The Balaban J connectivity index is 1.83. The van der Waals surface area contributed by atoms with E-state index in [4.69, 9.17) is 22.2 Å². The van der Waals surface area contributed by atoms with E-state index in [1.54, 1.807) is 18.2 Å². The summed E-state index contributed by atoms with van der Waals surface area (Å²) in [4.78, 5) is 12.4. The van der Waals surface area contributed by atoms with Crippen molar-refractivity contribution < 1.29 is 9.53 Å². The second kappa shape index (κ2) is 5.63. The first-order chi connectivity index (χ1) is 10.2. The van der Waals surface area contributed by atoms with Crippen LogP contribution in [0.1, 0.15) is 22.0 Å². The van der Waals surface area contributed by atoms with Crippen LogP contribution in [-0.4, -0.2) is 12.5 Å². The smallest absolute Gasteiger partial charge is 0.254 e. The topological polar surface area (TPSA) is 76.4 Å². The highest BCUT2D eigenvalue weighted by molar-refractivity contribution is 6.31. The number of benzene rings is 2. The van der Waals surface area contributed by atoms with Crippen molar-refractivity contribution in [3.8, 4) is 5.75 Å². The average molecular weight is 304 g/mol. The molecule has 0 bridgehead atoms. The molecule has 0 spiro atoms. The molecule has 6 heteroatoms. The first-order valence-corrected chi connectivity index (χ1v) is 6.85. The van der Waals surface area contributed by atoms with E-state index < -0.39 is 0 Å². The molecule has 3 rings (SSSR count). The Kier molecular flexibility index (Phi) is 3.68. The lowest BCUT2D eigenvalue weighted by Crippen LogP contribution is -2.30. The van der Waals surface area contributed by atoms with Crippen LogP contribution in [0, 0.1) is 0 Å². The highest BCUT2D eigenvalue weighted by atomic mass is 35.5. The van der Waals surface area contributed by atoms with Gasteiger partial charge in [-0.25, -0.2) is 0 Å². The zero-order chi connectivity index (χ0) is 14.8. The predicted molar refractivity (Wildman–Crippen MR) is 81.4 cm³/mol. The summed E-state index contributed by atoms with van der Waals surface area (Å²) in [5.74, 6) is 5.97. The van der Waals surface area contributed by atoms with Crippen LogP contribution in [0.15, 0.2) is 42.5 Å². The van der Waals surface area contributed by atoms with E-state index >= 15 is 0 Å². The molecular weight excluding hydrogens is 290 g/mol. The van der Waals surface area contributed by atoms with Crippen molar-refractivity contribution in [3.63, 3.8) is 0 Å². The van der Waals surface area contributed by atoms with Crippen LogP contribution in [0.5, 0.6) is 5.75 Å². The normalized spacial score (nSPS) is 16.0. The van der Waals surface area contributed by atoms with Gasteiger partial charge in [-0.2, -0.15) is 0 Å². The number of ether oxygens (including phenoxy) is 1. The second-order valence-electron chi connectivity index (χ2n) is 4.71. The van der Waals surface area contributed by atoms with Crippen molar-refractivity contribution in [2.24, 2.45) is 5.84 Å². The quantitative estimate of drug-likeness (QED) is 0.601. The van der Waals surface area contributed by atoms with Crippen molar-refractivity contribution >= 4 is 23.2 Å². The number of para-hydroxylation sites is 1. The SMILES string of the molecule is NNc1ccc(Cl)cc1C(=O)NC1COc2ccccc21. The molecule has 0 saturated carbocycles. The summed E-state index contributed by atoms with van der Waals surface area (Å²) in [5, 5.41) is 3.41. The first kappa shape index (κ1) is 13.7. The molecule has 0 saturated heterocycles. The number of hydrazine groups is 1. The Morgan fingerprint density at radius 1 is 1.29 bits per heavy atom. The molecule has 1 amide bonds. The summed E-state index contributed by atoms with van der Waals surface area (Å²) in [5.41, 5.74) is 4.38. The van der Waals surface area contributed by atoms with Gasteiger partial charge in [0.2, 0.25) is 0 Å².